The Balaban J connectivity index is 0.000000594. The number of anilines is 1. The number of unbranched alkanes of at least 4 members (excludes halogenated alkanes) is 4. The van der Waals surface area contributed by atoms with Crippen LogP contribution in [0.5, 0.6) is 0 Å². The SMILES string of the molecule is C=CCN(C(=O)c1c(F)cc(F)cc1F)c1cccc(-c2ccc(C(=C)C)cc2)c1.CCC(C)(C)C.CCCCCCC. The van der Waals surface area contributed by atoms with Crippen LogP contribution in [0.4, 0.5) is 18.9 Å². The fourth-order valence-corrected chi connectivity index (χ4v) is 3.79. The highest BCUT2D eigenvalue weighted by Crippen LogP contribution is 2.28. The maximum atomic E-state index is 14.2. The van der Waals surface area contributed by atoms with Gasteiger partial charge in [0.25, 0.3) is 5.91 Å². The van der Waals surface area contributed by atoms with E-state index in [1.54, 1.807) is 18.2 Å². The molecule has 0 saturated carbocycles. The van der Waals surface area contributed by atoms with Crippen molar-refractivity contribution in [1.82, 2.24) is 0 Å². The summed E-state index contributed by atoms with van der Waals surface area (Å²) in [6, 6.07) is 15.8. The second-order valence-electron chi connectivity index (χ2n) is 11.8. The van der Waals surface area contributed by atoms with Crippen molar-refractivity contribution in [2.75, 3.05) is 11.4 Å². The highest BCUT2D eigenvalue weighted by Gasteiger charge is 2.25. The van der Waals surface area contributed by atoms with Gasteiger partial charge < -0.3 is 4.90 Å². The molecule has 0 bridgehead atoms. The van der Waals surface area contributed by atoms with Gasteiger partial charge in [-0.2, -0.15) is 0 Å². The molecule has 3 aromatic rings. The molecule has 0 spiro atoms. The third-order valence-corrected chi connectivity index (χ3v) is 6.91. The van der Waals surface area contributed by atoms with Gasteiger partial charge >= 0.3 is 0 Å². The molecule has 234 valence electrons. The molecule has 0 aromatic heterocycles. The summed E-state index contributed by atoms with van der Waals surface area (Å²) in [5, 5.41) is 0. The summed E-state index contributed by atoms with van der Waals surface area (Å²) in [5.74, 6) is -4.51. The minimum Gasteiger partial charge on any atom is -0.304 e. The minimum atomic E-state index is -1.25. The van der Waals surface area contributed by atoms with E-state index >= 15 is 0 Å². The van der Waals surface area contributed by atoms with Gasteiger partial charge in [0.05, 0.1) is 0 Å². The van der Waals surface area contributed by atoms with Crippen LogP contribution >= 0.6 is 0 Å². The second kappa shape index (κ2) is 18.8. The smallest absolute Gasteiger partial charge is 0.264 e. The molecule has 5 heteroatoms. The molecule has 3 aromatic carbocycles. The molecule has 43 heavy (non-hydrogen) atoms. The van der Waals surface area contributed by atoms with Gasteiger partial charge in [0.15, 0.2) is 0 Å². The Morgan fingerprint density at radius 1 is 0.837 bits per heavy atom. The van der Waals surface area contributed by atoms with Crippen molar-refractivity contribution in [3.05, 3.63) is 108 Å². The van der Waals surface area contributed by atoms with Crippen LogP contribution < -0.4 is 4.90 Å². The third kappa shape index (κ3) is 13.1. The Kier molecular flexibility index (Phi) is 16.4. The van der Waals surface area contributed by atoms with Gasteiger partial charge in [0, 0.05) is 24.4 Å². The van der Waals surface area contributed by atoms with Gasteiger partial charge in [-0.1, -0.05) is 135 Å². The highest BCUT2D eigenvalue weighted by atomic mass is 19.1. The standard InChI is InChI=1S/C25H20F3NO.C7H16.C6H14/c1-4-12-29(25(30)24-22(27)14-20(26)15-23(24)28)21-7-5-6-19(13-21)18-10-8-17(9-11-18)16(2)3;1-3-5-7-6-4-2;1-5-6(2,3)4/h4-11,13-15H,1-2,12H2,3H3;3-7H2,1-2H3;5H2,1-4H3. The number of hydrogen-bond acceptors (Lipinski definition) is 1. The maximum absolute atomic E-state index is 14.2. The lowest BCUT2D eigenvalue weighted by atomic mass is 9.94. The average molecular weight is 594 g/mol. The molecule has 3 rings (SSSR count). The molecular formula is C38H50F3NO. The fourth-order valence-electron chi connectivity index (χ4n) is 3.79. The first kappa shape index (κ1) is 37.4. The van der Waals surface area contributed by atoms with Crippen molar-refractivity contribution in [2.45, 2.75) is 87.0 Å². The molecule has 0 N–H and O–H groups in total. The quantitative estimate of drug-likeness (QED) is 0.169. The molecule has 1 amide bonds. The van der Waals surface area contributed by atoms with E-state index in [4.69, 9.17) is 0 Å². The highest BCUT2D eigenvalue weighted by molar-refractivity contribution is 6.07. The zero-order valence-corrected chi connectivity index (χ0v) is 27.2. The molecular weight excluding hydrogens is 543 g/mol. The van der Waals surface area contributed by atoms with Crippen molar-refractivity contribution < 1.29 is 18.0 Å². The van der Waals surface area contributed by atoms with Crippen molar-refractivity contribution in [2.24, 2.45) is 5.41 Å². The van der Waals surface area contributed by atoms with E-state index in [9.17, 15) is 18.0 Å². The monoisotopic (exact) mass is 593 g/mol. The lowest BCUT2D eigenvalue weighted by Gasteiger charge is -2.22. The molecule has 0 aliphatic heterocycles. The number of rotatable bonds is 10. The zero-order valence-electron chi connectivity index (χ0n) is 27.2. The Labute approximate surface area is 258 Å². The van der Waals surface area contributed by atoms with Crippen LogP contribution in [0.25, 0.3) is 16.7 Å². The van der Waals surface area contributed by atoms with Gasteiger partial charge in [-0.25, -0.2) is 13.2 Å². The maximum Gasteiger partial charge on any atom is 0.264 e. The van der Waals surface area contributed by atoms with Gasteiger partial charge in [0.1, 0.15) is 23.0 Å². The topological polar surface area (TPSA) is 20.3 Å². The van der Waals surface area contributed by atoms with E-state index in [1.807, 2.05) is 37.3 Å². The Bertz CT molecular complexity index is 1280. The number of carbonyl (C=O) groups excluding carboxylic acids is 1. The number of halogens is 3. The van der Waals surface area contributed by atoms with Crippen molar-refractivity contribution >= 4 is 17.2 Å². The Hall–Kier alpha value is -3.60. The molecule has 0 radical (unpaired) electrons. The number of carbonyl (C=O) groups is 1. The average Bonchev–Trinajstić information content (AvgIpc) is 2.96. The Morgan fingerprint density at radius 3 is 1.81 bits per heavy atom. The van der Waals surface area contributed by atoms with Crippen LogP contribution in [0.1, 0.15) is 103 Å². The van der Waals surface area contributed by atoms with E-state index in [0.717, 1.165) is 22.3 Å². The summed E-state index contributed by atoms with van der Waals surface area (Å²) in [5.41, 5.74) is 3.86. The van der Waals surface area contributed by atoms with E-state index in [1.165, 1.54) is 49.5 Å². The molecule has 0 saturated heterocycles. The first-order valence-electron chi connectivity index (χ1n) is 15.2. The molecule has 0 heterocycles. The van der Waals surface area contributed by atoms with Crippen molar-refractivity contribution in [3.8, 4) is 11.1 Å². The van der Waals surface area contributed by atoms with Crippen LogP contribution in [0.15, 0.2) is 79.9 Å². The number of allylic oxidation sites excluding steroid dienone is 1. The lowest BCUT2D eigenvalue weighted by molar-refractivity contribution is 0.0981. The number of benzene rings is 3. The van der Waals surface area contributed by atoms with Gasteiger partial charge in [-0.15, -0.1) is 6.58 Å². The molecule has 2 nitrogen and oxygen atoms in total. The van der Waals surface area contributed by atoms with Crippen LogP contribution in [0, 0.1) is 22.9 Å². The number of nitrogens with zero attached hydrogens (tertiary/aromatic N) is 1. The van der Waals surface area contributed by atoms with Crippen molar-refractivity contribution in [3.63, 3.8) is 0 Å². The number of amides is 1. The normalized spacial score (nSPS) is 10.6. The molecule has 0 aliphatic rings. The van der Waals surface area contributed by atoms with Crippen LogP contribution in [0.2, 0.25) is 0 Å². The Morgan fingerprint density at radius 2 is 1.37 bits per heavy atom. The summed E-state index contributed by atoms with van der Waals surface area (Å²) in [7, 11) is 0. The minimum absolute atomic E-state index is 0.0210. The molecule has 0 fully saturated rings. The largest absolute Gasteiger partial charge is 0.304 e. The first-order chi connectivity index (χ1) is 20.3. The summed E-state index contributed by atoms with van der Waals surface area (Å²) >= 11 is 0. The zero-order chi connectivity index (χ0) is 32.6. The third-order valence-electron chi connectivity index (χ3n) is 6.91. The second-order valence-corrected chi connectivity index (χ2v) is 11.8. The van der Waals surface area contributed by atoms with Gasteiger partial charge in [-0.3, -0.25) is 4.79 Å². The summed E-state index contributed by atoms with van der Waals surface area (Å²) < 4.78 is 41.6. The first-order valence-corrected chi connectivity index (χ1v) is 15.2. The number of hydrogen-bond donors (Lipinski definition) is 0. The van der Waals surface area contributed by atoms with E-state index in [0.29, 0.717) is 23.2 Å². The van der Waals surface area contributed by atoms with Crippen LogP contribution in [-0.2, 0) is 0 Å². The summed E-state index contributed by atoms with van der Waals surface area (Å²) in [6.45, 7) is 22.9. The van der Waals surface area contributed by atoms with Crippen molar-refractivity contribution in [1.29, 1.82) is 0 Å². The van der Waals surface area contributed by atoms with Gasteiger partial charge in [-0.05, 0) is 41.2 Å². The van der Waals surface area contributed by atoms with E-state index < -0.39 is 28.9 Å². The lowest BCUT2D eigenvalue weighted by Crippen LogP contribution is -2.32. The fraction of sp³-hybridized carbons (Fsp3) is 0.395. The van der Waals surface area contributed by atoms with E-state index in [-0.39, 0.29) is 6.54 Å². The predicted molar refractivity (Wildman–Crippen MR) is 179 cm³/mol. The molecule has 0 unspecified atom stereocenters. The van der Waals surface area contributed by atoms with E-state index in [2.05, 4.69) is 54.7 Å². The summed E-state index contributed by atoms with van der Waals surface area (Å²) in [4.78, 5) is 14.1. The summed E-state index contributed by atoms with van der Waals surface area (Å²) in [6.07, 6.45) is 9.73. The van der Waals surface area contributed by atoms with Crippen LogP contribution in [0.3, 0.4) is 0 Å². The molecule has 0 aliphatic carbocycles. The predicted octanol–water partition coefficient (Wildman–Crippen LogP) is 12.1. The molecule has 0 atom stereocenters. The van der Waals surface area contributed by atoms with Gasteiger partial charge in [0.2, 0.25) is 0 Å². The van der Waals surface area contributed by atoms with Crippen LogP contribution in [-0.4, -0.2) is 12.5 Å².